The maximum absolute atomic E-state index is 12.8. The Morgan fingerprint density at radius 3 is 2.70 bits per heavy atom. The number of benzene rings is 1. The fourth-order valence-corrected chi connectivity index (χ4v) is 3.38. The van der Waals surface area contributed by atoms with Crippen molar-refractivity contribution >= 4 is 27.7 Å². The van der Waals surface area contributed by atoms with Crippen molar-refractivity contribution in [2.45, 2.75) is 12.8 Å². The Bertz CT molecular complexity index is 718. The molecule has 1 aliphatic rings. The van der Waals surface area contributed by atoms with Gasteiger partial charge in [0, 0.05) is 38.7 Å². The largest absolute Gasteiger partial charge is 0.349 e. The zero-order chi connectivity index (χ0) is 17.2. The highest BCUT2D eigenvalue weighted by molar-refractivity contribution is 7.86. The van der Waals surface area contributed by atoms with Gasteiger partial charge in [-0.1, -0.05) is 12.1 Å². The Morgan fingerprint density at radius 2 is 2.09 bits per heavy atom. The van der Waals surface area contributed by atoms with E-state index in [0.717, 1.165) is 5.56 Å². The lowest BCUT2D eigenvalue weighted by atomic mass is 10.1. The number of amides is 2. The molecule has 1 fully saturated rings. The summed E-state index contributed by atoms with van der Waals surface area (Å²) in [6, 6.07) is 6.97. The first kappa shape index (κ1) is 17.4. The first-order valence-corrected chi connectivity index (χ1v) is 8.73. The van der Waals surface area contributed by atoms with E-state index >= 15 is 0 Å². The highest BCUT2D eigenvalue weighted by Crippen LogP contribution is 2.27. The molecule has 8 heteroatoms. The van der Waals surface area contributed by atoms with Gasteiger partial charge in [0.15, 0.2) is 0 Å². The van der Waals surface area contributed by atoms with E-state index in [-0.39, 0.29) is 31.2 Å². The number of anilines is 1. The SMILES string of the molecule is CN(C)C(=O)Cc1cccc(N2CC(CS(=O)(=O)F)CC2=O)c1. The van der Waals surface area contributed by atoms with Gasteiger partial charge in [0.2, 0.25) is 11.8 Å². The first-order chi connectivity index (χ1) is 10.7. The van der Waals surface area contributed by atoms with Gasteiger partial charge < -0.3 is 9.80 Å². The molecule has 1 unspecified atom stereocenters. The van der Waals surface area contributed by atoms with Gasteiger partial charge in [-0.3, -0.25) is 9.59 Å². The number of rotatable bonds is 5. The molecular formula is C15H19FN2O4S. The number of hydrogen-bond donors (Lipinski definition) is 0. The van der Waals surface area contributed by atoms with Crippen molar-refractivity contribution in [2.75, 3.05) is 31.3 Å². The van der Waals surface area contributed by atoms with E-state index in [4.69, 9.17) is 0 Å². The minimum atomic E-state index is -4.60. The molecule has 0 aliphatic carbocycles. The summed E-state index contributed by atoms with van der Waals surface area (Å²) < 4.78 is 34.3. The molecule has 1 atom stereocenters. The Kier molecular flexibility index (Phi) is 5.03. The molecule has 0 radical (unpaired) electrons. The molecule has 23 heavy (non-hydrogen) atoms. The number of likely N-dealkylation sites (N-methyl/N-ethyl adjacent to an activating group) is 1. The Morgan fingerprint density at radius 1 is 1.39 bits per heavy atom. The molecule has 0 aromatic heterocycles. The Hall–Kier alpha value is -1.96. The van der Waals surface area contributed by atoms with Gasteiger partial charge >= 0.3 is 10.2 Å². The van der Waals surface area contributed by atoms with Crippen LogP contribution in [0.4, 0.5) is 9.57 Å². The second-order valence-corrected chi connectivity index (χ2v) is 7.33. The first-order valence-electron chi connectivity index (χ1n) is 7.17. The molecule has 1 aromatic carbocycles. The van der Waals surface area contributed by atoms with E-state index in [1.165, 1.54) is 9.80 Å². The average Bonchev–Trinajstić information content (AvgIpc) is 2.77. The van der Waals surface area contributed by atoms with Crippen molar-refractivity contribution in [2.24, 2.45) is 5.92 Å². The molecule has 0 spiro atoms. The van der Waals surface area contributed by atoms with E-state index < -0.39 is 21.9 Å². The summed E-state index contributed by atoms with van der Waals surface area (Å²) in [5.74, 6) is -1.50. The van der Waals surface area contributed by atoms with Crippen LogP contribution in [0.1, 0.15) is 12.0 Å². The molecule has 1 saturated heterocycles. The van der Waals surface area contributed by atoms with Crippen LogP contribution < -0.4 is 4.90 Å². The topological polar surface area (TPSA) is 74.8 Å². The van der Waals surface area contributed by atoms with Crippen molar-refractivity contribution in [3.63, 3.8) is 0 Å². The third-order valence-electron chi connectivity index (χ3n) is 3.72. The molecule has 126 valence electrons. The number of halogens is 1. The number of nitrogens with zero attached hydrogens (tertiary/aromatic N) is 2. The van der Waals surface area contributed by atoms with Crippen molar-refractivity contribution in [1.82, 2.24) is 4.90 Å². The van der Waals surface area contributed by atoms with E-state index in [0.29, 0.717) is 5.69 Å². The highest BCUT2D eigenvalue weighted by Gasteiger charge is 2.33. The van der Waals surface area contributed by atoms with Crippen LogP contribution in [0.2, 0.25) is 0 Å². The summed E-state index contributed by atoms with van der Waals surface area (Å²) in [6.07, 6.45) is 0.217. The third-order valence-corrected chi connectivity index (χ3v) is 4.59. The minimum absolute atomic E-state index is 0.00397. The van der Waals surface area contributed by atoms with E-state index in [2.05, 4.69) is 0 Å². The summed E-state index contributed by atoms with van der Waals surface area (Å²) in [4.78, 5) is 26.7. The predicted molar refractivity (Wildman–Crippen MR) is 84.2 cm³/mol. The van der Waals surface area contributed by atoms with Gasteiger partial charge in [-0.15, -0.1) is 3.89 Å². The van der Waals surface area contributed by atoms with Crippen molar-refractivity contribution in [3.05, 3.63) is 29.8 Å². The molecule has 1 aromatic rings. The summed E-state index contributed by atoms with van der Waals surface area (Å²) in [7, 11) is -1.27. The Labute approximate surface area is 135 Å². The normalized spacial score (nSPS) is 18.3. The third kappa shape index (κ3) is 4.75. The van der Waals surface area contributed by atoms with Crippen LogP contribution in [-0.4, -0.2) is 51.5 Å². The maximum Gasteiger partial charge on any atom is 0.302 e. The van der Waals surface area contributed by atoms with E-state index in [9.17, 15) is 21.9 Å². The minimum Gasteiger partial charge on any atom is -0.349 e. The number of hydrogen-bond acceptors (Lipinski definition) is 4. The lowest BCUT2D eigenvalue weighted by molar-refractivity contribution is -0.128. The van der Waals surface area contributed by atoms with Crippen molar-refractivity contribution < 1.29 is 21.9 Å². The molecular weight excluding hydrogens is 323 g/mol. The summed E-state index contributed by atoms with van der Waals surface area (Å²) >= 11 is 0. The van der Waals surface area contributed by atoms with Crippen LogP contribution in [0.15, 0.2) is 24.3 Å². The highest BCUT2D eigenvalue weighted by atomic mass is 32.3. The zero-order valence-corrected chi connectivity index (χ0v) is 13.8. The average molecular weight is 342 g/mol. The monoisotopic (exact) mass is 342 g/mol. The standard InChI is InChI=1S/C15H19FN2O4S/c1-17(2)14(19)7-11-4-3-5-13(6-11)18-9-12(8-15(18)20)10-23(16,21)22/h3-6,12H,7-10H2,1-2H3. The Balaban J connectivity index is 2.13. The molecule has 1 aliphatic heterocycles. The lowest BCUT2D eigenvalue weighted by Gasteiger charge is -2.18. The summed E-state index contributed by atoms with van der Waals surface area (Å²) in [5.41, 5.74) is 1.35. The molecule has 2 rings (SSSR count). The lowest BCUT2D eigenvalue weighted by Crippen LogP contribution is -2.26. The predicted octanol–water partition coefficient (Wildman–Crippen LogP) is 0.969. The second-order valence-electron chi connectivity index (χ2n) is 5.91. The van der Waals surface area contributed by atoms with Gasteiger partial charge in [-0.2, -0.15) is 8.42 Å². The second kappa shape index (κ2) is 6.66. The maximum atomic E-state index is 12.8. The van der Waals surface area contributed by atoms with Gasteiger partial charge in [-0.25, -0.2) is 0 Å². The van der Waals surface area contributed by atoms with E-state index in [1.54, 1.807) is 38.4 Å². The van der Waals surface area contributed by atoms with Crippen LogP contribution in [0.3, 0.4) is 0 Å². The summed E-state index contributed by atoms with van der Waals surface area (Å²) in [5, 5.41) is 0. The van der Waals surface area contributed by atoms with Crippen LogP contribution in [-0.2, 0) is 26.2 Å². The van der Waals surface area contributed by atoms with Crippen molar-refractivity contribution in [1.29, 1.82) is 0 Å². The smallest absolute Gasteiger partial charge is 0.302 e. The summed E-state index contributed by atoms with van der Waals surface area (Å²) in [6.45, 7) is 0.160. The van der Waals surface area contributed by atoms with Crippen LogP contribution in [0.25, 0.3) is 0 Å². The molecule has 0 saturated carbocycles. The van der Waals surface area contributed by atoms with E-state index in [1.807, 2.05) is 0 Å². The molecule has 1 heterocycles. The van der Waals surface area contributed by atoms with Gasteiger partial charge in [0.1, 0.15) is 0 Å². The fraction of sp³-hybridized carbons (Fsp3) is 0.467. The van der Waals surface area contributed by atoms with Crippen LogP contribution in [0.5, 0.6) is 0 Å². The van der Waals surface area contributed by atoms with Crippen LogP contribution in [0, 0.1) is 5.92 Å². The molecule has 2 amide bonds. The van der Waals surface area contributed by atoms with Gasteiger partial charge in [0.25, 0.3) is 0 Å². The van der Waals surface area contributed by atoms with Gasteiger partial charge in [-0.05, 0) is 17.7 Å². The van der Waals surface area contributed by atoms with Crippen molar-refractivity contribution in [3.8, 4) is 0 Å². The molecule has 6 nitrogen and oxygen atoms in total. The zero-order valence-electron chi connectivity index (χ0n) is 13.0. The molecule has 0 bridgehead atoms. The number of carbonyl (C=O) groups excluding carboxylic acids is 2. The van der Waals surface area contributed by atoms with Crippen LogP contribution >= 0.6 is 0 Å². The van der Waals surface area contributed by atoms with Gasteiger partial charge in [0.05, 0.1) is 12.2 Å². The number of carbonyl (C=O) groups is 2. The fourth-order valence-electron chi connectivity index (χ4n) is 2.59. The molecule has 0 N–H and O–H groups in total. The quantitative estimate of drug-likeness (QED) is 0.747.